The number of fused-ring (bicyclic) bond motifs is 2. The third kappa shape index (κ3) is 3.83. The van der Waals surface area contributed by atoms with Crippen molar-refractivity contribution >= 4 is 17.6 Å². The number of anilines is 1. The highest BCUT2D eigenvalue weighted by Gasteiger charge is 2.43. The van der Waals surface area contributed by atoms with Crippen LogP contribution in [0.15, 0.2) is 48.5 Å². The molecule has 2 aliphatic rings. The molecule has 1 N–H and O–H groups in total. The van der Waals surface area contributed by atoms with E-state index in [2.05, 4.69) is 5.32 Å². The van der Waals surface area contributed by atoms with Crippen LogP contribution in [0.5, 0.6) is 0 Å². The number of halogens is 2. The molecule has 0 spiro atoms. The first kappa shape index (κ1) is 18.4. The van der Waals surface area contributed by atoms with Crippen molar-refractivity contribution in [1.29, 1.82) is 0 Å². The van der Waals surface area contributed by atoms with Gasteiger partial charge in [-0.1, -0.05) is 12.1 Å². The molecule has 0 saturated carbocycles. The van der Waals surface area contributed by atoms with E-state index >= 15 is 0 Å². The molecule has 2 atom stereocenters. The number of carbonyl (C=O) groups excluding carboxylic acids is 2. The number of benzene rings is 2. The molecule has 2 saturated heterocycles. The van der Waals surface area contributed by atoms with E-state index in [0.717, 1.165) is 12.0 Å². The fourth-order valence-electron chi connectivity index (χ4n) is 4.02. The minimum absolute atomic E-state index is 0.116. The molecule has 2 aromatic carbocycles. The van der Waals surface area contributed by atoms with Gasteiger partial charge in [-0.2, -0.15) is 0 Å². The quantitative estimate of drug-likeness (QED) is 0.877. The molecule has 2 fully saturated rings. The van der Waals surface area contributed by atoms with Gasteiger partial charge in [-0.15, -0.1) is 0 Å². The number of hydrogen-bond acceptors (Lipinski definition) is 2. The minimum atomic E-state index is -0.526. The Kier molecular flexibility index (Phi) is 4.98. The second-order valence-corrected chi connectivity index (χ2v) is 7.39. The molecule has 2 aliphatic heterocycles. The summed E-state index contributed by atoms with van der Waals surface area (Å²) in [5.41, 5.74) is 1.21. The van der Waals surface area contributed by atoms with E-state index in [-0.39, 0.29) is 23.6 Å². The van der Waals surface area contributed by atoms with Crippen molar-refractivity contribution in [1.82, 2.24) is 9.80 Å². The van der Waals surface area contributed by atoms with Crippen LogP contribution in [0.1, 0.15) is 18.4 Å². The van der Waals surface area contributed by atoms with Gasteiger partial charge in [0.1, 0.15) is 17.7 Å². The lowest BCUT2D eigenvalue weighted by Crippen LogP contribution is -2.60. The summed E-state index contributed by atoms with van der Waals surface area (Å²) >= 11 is 0. The molecule has 3 amide bonds. The van der Waals surface area contributed by atoms with Gasteiger partial charge in [0.25, 0.3) is 0 Å². The third-order valence-corrected chi connectivity index (χ3v) is 5.41. The highest BCUT2D eigenvalue weighted by Crippen LogP contribution is 2.31. The lowest BCUT2D eigenvalue weighted by molar-refractivity contribution is -0.144. The van der Waals surface area contributed by atoms with Crippen molar-refractivity contribution in [2.24, 2.45) is 5.92 Å². The zero-order valence-electron chi connectivity index (χ0n) is 15.3. The van der Waals surface area contributed by atoms with Crippen LogP contribution in [-0.2, 0) is 11.3 Å². The number of nitrogens with zero attached hydrogens (tertiary/aromatic N) is 2. The fourth-order valence-corrected chi connectivity index (χ4v) is 4.02. The summed E-state index contributed by atoms with van der Waals surface area (Å²) in [7, 11) is 0. The van der Waals surface area contributed by atoms with Gasteiger partial charge in [0.15, 0.2) is 0 Å². The first-order valence-electron chi connectivity index (χ1n) is 9.36. The van der Waals surface area contributed by atoms with Crippen LogP contribution >= 0.6 is 0 Å². The van der Waals surface area contributed by atoms with Crippen molar-refractivity contribution in [2.45, 2.75) is 25.4 Å². The first-order chi connectivity index (χ1) is 13.5. The normalized spacial score (nSPS) is 21.6. The highest BCUT2D eigenvalue weighted by molar-refractivity contribution is 5.94. The Labute approximate surface area is 161 Å². The lowest BCUT2D eigenvalue weighted by atomic mass is 9.86. The predicted molar refractivity (Wildman–Crippen MR) is 100 cm³/mol. The molecule has 146 valence electrons. The van der Waals surface area contributed by atoms with Crippen LogP contribution < -0.4 is 5.32 Å². The Morgan fingerprint density at radius 1 is 1.11 bits per heavy atom. The minimum Gasteiger partial charge on any atom is -0.336 e. The molecule has 0 radical (unpaired) electrons. The molecule has 28 heavy (non-hydrogen) atoms. The Hall–Kier alpha value is -2.96. The number of carbonyl (C=O) groups is 2. The van der Waals surface area contributed by atoms with Crippen LogP contribution in [0.25, 0.3) is 0 Å². The topological polar surface area (TPSA) is 52.7 Å². The van der Waals surface area contributed by atoms with Gasteiger partial charge >= 0.3 is 6.03 Å². The Bertz CT molecular complexity index is 887. The van der Waals surface area contributed by atoms with Crippen LogP contribution in [0, 0.1) is 17.6 Å². The van der Waals surface area contributed by atoms with Gasteiger partial charge in [-0.05, 0) is 60.7 Å². The summed E-state index contributed by atoms with van der Waals surface area (Å²) < 4.78 is 26.5. The summed E-state index contributed by atoms with van der Waals surface area (Å²) in [6.07, 6.45) is 1.44. The lowest BCUT2D eigenvalue weighted by Gasteiger charge is -2.46. The molecular formula is C21H21F2N3O2. The average molecular weight is 385 g/mol. The zero-order chi connectivity index (χ0) is 19.7. The molecule has 0 aliphatic carbocycles. The summed E-state index contributed by atoms with van der Waals surface area (Å²) in [5, 5.41) is 2.73. The molecule has 0 unspecified atom stereocenters. The summed E-state index contributed by atoms with van der Waals surface area (Å²) in [5.74, 6) is -0.502. The maximum absolute atomic E-state index is 13.5. The van der Waals surface area contributed by atoms with E-state index < -0.39 is 6.04 Å². The molecule has 7 heteroatoms. The molecular weight excluding hydrogens is 364 g/mol. The summed E-state index contributed by atoms with van der Waals surface area (Å²) in [6, 6.07) is 10.8. The van der Waals surface area contributed by atoms with E-state index in [1.54, 1.807) is 21.9 Å². The predicted octanol–water partition coefficient (Wildman–Crippen LogP) is 3.62. The number of likely N-dealkylation sites (tertiary alicyclic amines) is 2. The van der Waals surface area contributed by atoms with Gasteiger partial charge in [0, 0.05) is 25.3 Å². The standard InChI is InChI=1S/C21H21F2N3O2/c22-16-4-6-18(7-5-16)24-21(28)26-9-8-15-11-19(26)20(27)25(13-15)12-14-2-1-3-17(23)10-14/h1-7,10,15,19H,8-9,11-13H2,(H,24,28)/t15-,19+/m0/s1. The Morgan fingerprint density at radius 3 is 2.64 bits per heavy atom. The van der Waals surface area contributed by atoms with Crippen molar-refractivity contribution in [2.75, 3.05) is 18.4 Å². The van der Waals surface area contributed by atoms with Gasteiger partial charge in [0.05, 0.1) is 0 Å². The summed E-state index contributed by atoms with van der Waals surface area (Å²) in [4.78, 5) is 29.0. The smallest absolute Gasteiger partial charge is 0.322 e. The second-order valence-electron chi connectivity index (χ2n) is 7.39. The van der Waals surface area contributed by atoms with E-state index in [0.29, 0.717) is 37.7 Å². The Morgan fingerprint density at radius 2 is 1.89 bits per heavy atom. The number of hydrogen-bond donors (Lipinski definition) is 1. The molecule has 2 bridgehead atoms. The summed E-state index contributed by atoms with van der Waals surface area (Å²) in [6.45, 7) is 1.46. The fraction of sp³-hybridized carbons (Fsp3) is 0.333. The number of rotatable bonds is 3. The van der Waals surface area contributed by atoms with Crippen LogP contribution in [0.2, 0.25) is 0 Å². The van der Waals surface area contributed by atoms with E-state index in [4.69, 9.17) is 0 Å². The first-order valence-corrected chi connectivity index (χ1v) is 9.36. The molecule has 2 heterocycles. The van der Waals surface area contributed by atoms with Crippen molar-refractivity contribution in [3.8, 4) is 0 Å². The molecule has 4 rings (SSSR count). The van der Waals surface area contributed by atoms with Crippen LogP contribution in [0.4, 0.5) is 19.3 Å². The Balaban J connectivity index is 1.47. The average Bonchev–Trinajstić information content (AvgIpc) is 2.68. The van der Waals surface area contributed by atoms with E-state index in [1.165, 1.54) is 36.4 Å². The molecule has 5 nitrogen and oxygen atoms in total. The van der Waals surface area contributed by atoms with Crippen LogP contribution in [-0.4, -0.2) is 40.9 Å². The van der Waals surface area contributed by atoms with E-state index in [9.17, 15) is 18.4 Å². The number of nitrogens with one attached hydrogen (secondary N) is 1. The van der Waals surface area contributed by atoms with Crippen molar-refractivity contribution < 1.29 is 18.4 Å². The monoisotopic (exact) mass is 385 g/mol. The van der Waals surface area contributed by atoms with Crippen molar-refractivity contribution in [3.63, 3.8) is 0 Å². The number of urea groups is 1. The molecule has 0 aromatic heterocycles. The maximum Gasteiger partial charge on any atom is 0.322 e. The van der Waals surface area contributed by atoms with Crippen molar-refractivity contribution in [3.05, 3.63) is 65.7 Å². The second kappa shape index (κ2) is 7.58. The van der Waals surface area contributed by atoms with Crippen LogP contribution in [0.3, 0.4) is 0 Å². The van der Waals surface area contributed by atoms with Gasteiger partial charge < -0.3 is 15.1 Å². The molecule has 2 aromatic rings. The largest absolute Gasteiger partial charge is 0.336 e. The van der Waals surface area contributed by atoms with Gasteiger partial charge in [-0.3, -0.25) is 4.79 Å². The van der Waals surface area contributed by atoms with Gasteiger partial charge in [-0.25, -0.2) is 13.6 Å². The maximum atomic E-state index is 13.5. The third-order valence-electron chi connectivity index (χ3n) is 5.41. The van der Waals surface area contributed by atoms with E-state index in [1.807, 2.05) is 0 Å². The zero-order valence-corrected chi connectivity index (χ0v) is 15.3. The number of amides is 3. The highest BCUT2D eigenvalue weighted by atomic mass is 19.1. The SMILES string of the molecule is O=C1[C@H]2C[C@H](CCN2C(=O)Nc2ccc(F)cc2)CN1Cc1cccc(F)c1. The number of piperidine rings is 2. The van der Waals surface area contributed by atoms with Gasteiger partial charge in [0.2, 0.25) is 5.91 Å².